The van der Waals surface area contributed by atoms with Gasteiger partial charge in [0.2, 0.25) is 0 Å². The van der Waals surface area contributed by atoms with Gasteiger partial charge in [-0.15, -0.1) is 0 Å². The normalized spacial score (nSPS) is 17.0. The first-order chi connectivity index (χ1) is 18.1. The molecule has 2 amide bonds. The molecule has 5 rings (SSSR count). The van der Waals surface area contributed by atoms with Gasteiger partial charge in [0.1, 0.15) is 28.8 Å². The van der Waals surface area contributed by atoms with Crippen LogP contribution in [0.5, 0.6) is 17.2 Å². The number of anilines is 1. The third kappa shape index (κ3) is 5.09. The Morgan fingerprint density at radius 2 is 1.79 bits per heavy atom. The predicted octanol–water partition coefficient (Wildman–Crippen LogP) is 6.28. The summed E-state index contributed by atoms with van der Waals surface area (Å²) in [5.41, 5.74) is 0.246. The maximum absolute atomic E-state index is 13.4. The van der Waals surface area contributed by atoms with Crippen LogP contribution in [0.3, 0.4) is 0 Å². The van der Waals surface area contributed by atoms with Crippen LogP contribution < -0.4 is 14.8 Å². The fraction of sp³-hybridized carbons (Fsp3) is 0.259. The average molecular weight is 529 g/mol. The first-order valence-corrected chi connectivity index (χ1v) is 11.9. The summed E-state index contributed by atoms with van der Waals surface area (Å²) in [5.74, 6) is 1.17. The van der Waals surface area contributed by atoms with Crippen LogP contribution in [0, 0.1) is 5.82 Å². The monoisotopic (exact) mass is 528 g/mol. The number of carbonyl (C=O) groups is 1. The fourth-order valence-electron chi connectivity index (χ4n) is 4.48. The Bertz CT molecular complexity index is 1390. The molecule has 1 saturated heterocycles. The summed E-state index contributed by atoms with van der Waals surface area (Å²) in [6.45, 7) is 2.92. The zero-order chi connectivity index (χ0) is 27.0. The molecule has 1 unspecified atom stereocenters. The number of methoxy groups -OCH3 is 1. The summed E-state index contributed by atoms with van der Waals surface area (Å²) >= 11 is 0. The van der Waals surface area contributed by atoms with Gasteiger partial charge in [-0.1, -0.05) is 0 Å². The second-order valence-electron chi connectivity index (χ2n) is 9.01. The summed E-state index contributed by atoms with van der Waals surface area (Å²) in [4.78, 5) is 21.1. The van der Waals surface area contributed by atoms with Gasteiger partial charge in [0.05, 0.1) is 18.2 Å². The zero-order valence-electron chi connectivity index (χ0n) is 20.6. The number of halogens is 4. The number of nitrogens with one attached hydrogen (secondary N) is 1. The minimum atomic E-state index is -4.54. The standard InChI is InChI=1S/C27H24F4N4O3/c1-16-15-34(11-12-35(16)26(36)32-19-6-4-18(28)5-7-19)25-21-14-20(37-2)8-10-23(21)38-24-9-3-17(27(29,30)31)13-22(24)33-25/h3-10,13-14,16H,11-12,15H2,1-2H3,(H,32,36). The molecule has 1 N–H and O–H groups in total. The molecule has 2 aliphatic rings. The summed E-state index contributed by atoms with van der Waals surface area (Å²) in [6.07, 6.45) is -4.54. The smallest absolute Gasteiger partial charge is 0.416 e. The number of fused-ring (bicyclic) bond motifs is 2. The number of amides is 2. The Morgan fingerprint density at radius 1 is 1.05 bits per heavy atom. The lowest BCUT2D eigenvalue weighted by molar-refractivity contribution is -0.137. The first kappa shape index (κ1) is 25.4. The van der Waals surface area contributed by atoms with Crippen LogP contribution in [0.2, 0.25) is 0 Å². The van der Waals surface area contributed by atoms with E-state index in [-0.39, 0.29) is 23.5 Å². The number of carbonyl (C=O) groups excluding carboxylic acids is 1. The number of hydrogen-bond donors (Lipinski definition) is 1. The summed E-state index contributed by atoms with van der Waals surface area (Å²) in [6, 6.07) is 13.2. The van der Waals surface area contributed by atoms with E-state index in [1.165, 1.54) is 37.4 Å². The SMILES string of the molecule is COc1ccc2c(c1)C(N1CCN(C(=O)Nc3ccc(F)cc3)C(C)C1)=Nc1cc(C(F)(F)F)ccc1O2. The summed E-state index contributed by atoms with van der Waals surface area (Å²) in [7, 11) is 1.51. The van der Waals surface area contributed by atoms with Crippen LogP contribution in [0.1, 0.15) is 18.1 Å². The molecular weight excluding hydrogens is 504 g/mol. The zero-order valence-corrected chi connectivity index (χ0v) is 20.6. The topological polar surface area (TPSA) is 66.4 Å². The Balaban J connectivity index is 1.45. The van der Waals surface area contributed by atoms with E-state index >= 15 is 0 Å². The lowest BCUT2D eigenvalue weighted by atomic mass is 10.1. The molecule has 0 bridgehead atoms. The second kappa shape index (κ2) is 9.88. The molecule has 198 valence electrons. The Labute approximate surface area is 216 Å². The number of amidine groups is 1. The van der Waals surface area contributed by atoms with E-state index in [1.54, 1.807) is 23.1 Å². The molecule has 11 heteroatoms. The molecule has 3 aromatic carbocycles. The highest BCUT2D eigenvalue weighted by atomic mass is 19.4. The van der Waals surface area contributed by atoms with Crippen molar-refractivity contribution in [3.63, 3.8) is 0 Å². The number of urea groups is 1. The molecule has 0 aromatic heterocycles. The number of rotatable bonds is 2. The number of aliphatic imine (C=N–C) groups is 1. The van der Waals surface area contributed by atoms with E-state index < -0.39 is 17.6 Å². The highest BCUT2D eigenvalue weighted by molar-refractivity contribution is 6.04. The molecule has 38 heavy (non-hydrogen) atoms. The molecule has 2 heterocycles. The van der Waals surface area contributed by atoms with Crippen molar-refractivity contribution in [3.8, 4) is 17.2 Å². The lowest BCUT2D eigenvalue weighted by Crippen LogP contribution is -2.56. The van der Waals surface area contributed by atoms with Gasteiger partial charge in [0, 0.05) is 31.4 Å². The van der Waals surface area contributed by atoms with Gasteiger partial charge in [-0.05, 0) is 67.6 Å². The van der Waals surface area contributed by atoms with Crippen molar-refractivity contribution < 1.29 is 31.8 Å². The quantitative estimate of drug-likeness (QED) is 0.398. The van der Waals surface area contributed by atoms with E-state index in [0.717, 1.165) is 12.1 Å². The molecule has 3 aromatic rings. The maximum Gasteiger partial charge on any atom is 0.416 e. The van der Waals surface area contributed by atoms with Crippen molar-refractivity contribution >= 4 is 23.2 Å². The van der Waals surface area contributed by atoms with E-state index in [1.807, 2.05) is 11.8 Å². The van der Waals surface area contributed by atoms with Crippen molar-refractivity contribution in [2.24, 2.45) is 4.99 Å². The van der Waals surface area contributed by atoms with E-state index in [2.05, 4.69) is 10.3 Å². The van der Waals surface area contributed by atoms with Crippen LogP contribution in [0.4, 0.5) is 33.7 Å². The van der Waals surface area contributed by atoms with Crippen LogP contribution in [-0.4, -0.2) is 54.5 Å². The van der Waals surface area contributed by atoms with E-state index in [0.29, 0.717) is 48.2 Å². The van der Waals surface area contributed by atoms with Gasteiger partial charge in [-0.25, -0.2) is 14.2 Å². The number of ether oxygens (including phenoxy) is 2. The van der Waals surface area contributed by atoms with Crippen molar-refractivity contribution in [2.45, 2.75) is 19.1 Å². The number of piperazine rings is 1. The highest BCUT2D eigenvalue weighted by Crippen LogP contribution is 2.42. The first-order valence-electron chi connectivity index (χ1n) is 11.9. The molecule has 0 saturated carbocycles. The van der Waals surface area contributed by atoms with Crippen LogP contribution >= 0.6 is 0 Å². The summed E-state index contributed by atoms with van der Waals surface area (Å²) in [5, 5.41) is 2.77. The number of benzene rings is 3. The van der Waals surface area contributed by atoms with E-state index in [9.17, 15) is 22.4 Å². The van der Waals surface area contributed by atoms with Crippen molar-refractivity contribution in [1.82, 2.24) is 9.80 Å². The van der Waals surface area contributed by atoms with Crippen molar-refractivity contribution in [2.75, 3.05) is 32.1 Å². The van der Waals surface area contributed by atoms with Gasteiger partial charge >= 0.3 is 12.2 Å². The Hall–Kier alpha value is -4.28. The molecule has 1 atom stereocenters. The second-order valence-corrected chi connectivity index (χ2v) is 9.01. The minimum absolute atomic E-state index is 0.0501. The van der Waals surface area contributed by atoms with Gasteiger partial charge in [0.25, 0.3) is 0 Å². The highest BCUT2D eigenvalue weighted by Gasteiger charge is 2.34. The van der Waals surface area contributed by atoms with Gasteiger partial charge in [-0.3, -0.25) is 0 Å². The fourth-order valence-corrected chi connectivity index (χ4v) is 4.48. The third-order valence-electron chi connectivity index (χ3n) is 6.44. The van der Waals surface area contributed by atoms with Crippen LogP contribution in [-0.2, 0) is 6.18 Å². The largest absolute Gasteiger partial charge is 0.497 e. The summed E-state index contributed by atoms with van der Waals surface area (Å²) < 4.78 is 64.9. The Kier molecular flexibility index (Phi) is 6.60. The third-order valence-corrected chi connectivity index (χ3v) is 6.44. The molecule has 7 nitrogen and oxygen atoms in total. The van der Waals surface area contributed by atoms with Gasteiger partial charge in [0.15, 0.2) is 5.75 Å². The molecule has 1 fully saturated rings. The minimum Gasteiger partial charge on any atom is -0.497 e. The molecule has 0 aliphatic carbocycles. The van der Waals surface area contributed by atoms with Crippen LogP contribution in [0.25, 0.3) is 0 Å². The Morgan fingerprint density at radius 3 is 2.47 bits per heavy atom. The average Bonchev–Trinajstić information content (AvgIpc) is 3.05. The molecule has 2 aliphatic heterocycles. The van der Waals surface area contributed by atoms with Gasteiger partial charge in [-0.2, -0.15) is 13.2 Å². The van der Waals surface area contributed by atoms with Crippen LogP contribution in [0.15, 0.2) is 65.7 Å². The lowest BCUT2D eigenvalue weighted by Gasteiger charge is -2.41. The predicted molar refractivity (Wildman–Crippen MR) is 134 cm³/mol. The maximum atomic E-state index is 13.4. The number of alkyl halides is 3. The van der Waals surface area contributed by atoms with E-state index in [4.69, 9.17) is 9.47 Å². The molecular formula is C27H24F4N4O3. The molecule has 0 spiro atoms. The number of hydrogen-bond acceptors (Lipinski definition) is 5. The van der Waals surface area contributed by atoms with Gasteiger partial charge < -0.3 is 24.6 Å². The molecule has 0 radical (unpaired) electrons. The number of nitrogens with zero attached hydrogens (tertiary/aromatic N) is 3. The van der Waals surface area contributed by atoms with Crippen molar-refractivity contribution in [1.29, 1.82) is 0 Å². The van der Waals surface area contributed by atoms with Crippen molar-refractivity contribution in [3.05, 3.63) is 77.6 Å².